The molecule has 0 aromatic heterocycles. The smallest absolute Gasteiger partial charge is 0.260 e. The maximum absolute atomic E-state index is 11.6. The van der Waals surface area contributed by atoms with Gasteiger partial charge in [-0.05, 0) is 24.3 Å². The van der Waals surface area contributed by atoms with E-state index in [9.17, 15) is 9.59 Å². The summed E-state index contributed by atoms with van der Waals surface area (Å²) in [6.45, 7) is 3.55. The highest BCUT2D eigenvalue weighted by molar-refractivity contribution is 6.27. The van der Waals surface area contributed by atoms with Crippen LogP contribution in [0.3, 0.4) is 0 Å². The van der Waals surface area contributed by atoms with Gasteiger partial charge in [0.2, 0.25) is 5.91 Å². The summed E-state index contributed by atoms with van der Waals surface area (Å²) in [6.07, 6.45) is 5.31. The largest absolute Gasteiger partial charge is 0.274 e. The maximum atomic E-state index is 11.6. The monoisotopic (exact) mass is 211 g/mol. The van der Waals surface area contributed by atoms with Crippen LogP contribution in [0.1, 0.15) is 12.0 Å². The van der Waals surface area contributed by atoms with Crippen LogP contribution in [0.5, 0.6) is 0 Å². The second-order valence-corrected chi connectivity index (χ2v) is 3.51. The van der Waals surface area contributed by atoms with E-state index in [1.165, 1.54) is 0 Å². The number of amides is 2. The third-order valence-corrected chi connectivity index (χ3v) is 2.41. The van der Waals surface area contributed by atoms with Gasteiger partial charge < -0.3 is 0 Å². The second kappa shape index (κ2) is 3.67. The molecular formula is C13H9NO2. The Morgan fingerprint density at radius 1 is 1.25 bits per heavy atom. The first-order valence-corrected chi connectivity index (χ1v) is 4.75. The fourth-order valence-electron chi connectivity index (χ4n) is 1.58. The summed E-state index contributed by atoms with van der Waals surface area (Å²) in [4.78, 5) is 24.3. The van der Waals surface area contributed by atoms with Gasteiger partial charge in [-0.15, -0.1) is 6.42 Å². The van der Waals surface area contributed by atoms with E-state index in [0.29, 0.717) is 16.8 Å². The van der Waals surface area contributed by atoms with Crippen molar-refractivity contribution in [1.29, 1.82) is 0 Å². The molecule has 3 heteroatoms. The van der Waals surface area contributed by atoms with E-state index in [0.717, 1.165) is 4.90 Å². The molecule has 1 aliphatic heterocycles. The van der Waals surface area contributed by atoms with Crippen LogP contribution < -0.4 is 4.90 Å². The predicted molar refractivity (Wildman–Crippen MR) is 60.6 cm³/mol. The van der Waals surface area contributed by atoms with Crippen LogP contribution >= 0.6 is 0 Å². The summed E-state index contributed by atoms with van der Waals surface area (Å²) in [5.74, 6) is 1.89. The molecule has 2 amide bonds. The molecule has 0 saturated carbocycles. The number of rotatable bonds is 1. The van der Waals surface area contributed by atoms with Gasteiger partial charge in [0.25, 0.3) is 5.91 Å². The van der Waals surface area contributed by atoms with Crippen molar-refractivity contribution in [3.8, 4) is 12.3 Å². The summed E-state index contributed by atoms with van der Waals surface area (Å²) in [6, 6.07) is 6.70. The summed E-state index contributed by atoms with van der Waals surface area (Å²) in [5, 5.41) is 0. The molecule has 1 saturated heterocycles. The average Bonchev–Trinajstić information content (AvgIpc) is 2.54. The molecule has 16 heavy (non-hydrogen) atoms. The van der Waals surface area contributed by atoms with Gasteiger partial charge in [-0.3, -0.25) is 9.59 Å². The van der Waals surface area contributed by atoms with E-state index < -0.39 is 0 Å². The minimum absolute atomic E-state index is 0.0930. The van der Waals surface area contributed by atoms with Gasteiger partial charge in [0.15, 0.2) is 0 Å². The minimum atomic E-state index is -0.335. The van der Waals surface area contributed by atoms with Crippen LogP contribution in [-0.4, -0.2) is 11.8 Å². The Labute approximate surface area is 93.4 Å². The number of terminal acetylenes is 1. The molecule has 0 N–H and O–H groups in total. The summed E-state index contributed by atoms with van der Waals surface area (Å²) < 4.78 is 0. The Bertz CT molecular complexity index is 520. The van der Waals surface area contributed by atoms with Crippen molar-refractivity contribution in [2.75, 3.05) is 4.90 Å². The lowest BCUT2D eigenvalue weighted by Gasteiger charge is -2.13. The van der Waals surface area contributed by atoms with E-state index in [2.05, 4.69) is 12.5 Å². The predicted octanol–water partition coefficient (Wildman–Crippen LogP) is 1.49. The molecule has 0 bridgehead atoms. The Hall–Kier alpha value is -2.34. The molecule has 0 atom stereocenters. The highest BCUT2D eigenvalue weighted by atomic mass is 16.2. The van der Waals surface area contributed by atoms with Gasteiger partial charge in [0.1, 0.15) is 0 Å². The van der Waals surface area contributed by atoms with Crippen LogP contribution in [0.25, 0.3) is 0 Å². The van der Waals surface area contributed by atoms with Crippen LogP contribution in [0, 0.1) is 12.3 Å². The van der Waals surface area contributed by atoms with Gasteiger partial charge >= 0.3 is 0 Å². The molecular weight excluding hydrogens is 202 g/mol. The Kier molecular flexibility index (Phi) is 2.34. The number of anilines is 1. The zero-order valence-electron chi connectivity index (χ0n) is 8.56. The van der Waals surface area contributed by atoms with Gasteiger partial charge in [-0.25, -0.2) is 4.90 Å². The van der Waals surface area contributed by atoms with E-state index >= 15 is 0 Å². The van der Waals surface area contributed by atoms with Crippen molar-refractivity contribution < 1.29 is 9.59 Å². The number of imide groups is 1. The fourth-order valence-corrected chi connectivity index (χ4v) is 1.58. The van der Waals surface area contributed by atoms with Crippen molar-refractivity contribution in [3.63, 3.8) is 0 Å². The van der Waals surface area contributed by atoms with Crippen molar-refractivity contribution >= 4 is 17.5 Å². The first kappa shape index (κ1) is 10.2. The van der Waals surface area contributed by atoms with Crippen LogP contribution in [0.15, 0.2) is 36.4 Å². The molecule has 1 aromatic carbocycles. The van der Waals surface area contributed by atoms with Gasteiger partial charge in [0, 0.05) is 11.1 Å². The van der Waals surface area contributed by atoms with Gasteiger partial charge in [-0.1, -0.05) is 12.5 Å². The number of carbonyl (C=O) groups is 2. The SMILES string of the molecule is C#Cc1ccc(N2C(=O)CC(=C)C2=O)cc1. The molecule has 1 heterocycles. The maximum Gasteiger partial charge on any atom is 0.260 e. The molecule has 1 aliphatic rings. The zero-order valence-corrected chi connectivity index (χ0v) is 8.56. The van der Waals surface area contributed by atoms with Gasteiger partial charge in [-0.2, -0.15) is 0 Å². The standard InChI is InChI=1S/C13H9NO2/c1-3-10-4-6-11(7-5-10)14-12(15)8-9(2)13(14)16/h1,4-7H,2,8H2. The summed E-state index contributed by atoms with van der Waals surface area (Å²) >= 11 is 0. The third kappa shape index (κ3) is 1.51. The van der Waals surface area contributed by atoms with Crippen molar-refractivity contribution in [2.45, 2.75) is 6.42 Å². The number of hydrogen-bond donors (Lipinski definition) is 0. The number of nitrogens with zero attached hydrogens (tertiary/aromatic N) is 1. The zero-order chi connectivity index (χ0) is 11.7. The summed E-state index contributed by atoms with van der Waals surface area (Å²) in [7, 11) is 0. The lowest BCUT2D eigenvalue weighted by Crippen LogP contribution is -2.28. The molecule has 0 aliphatic carbocycles. The Morgan fingerprint density at radius 3 is 2.31 bits per heavy atom. The lowest BCUT2D eigenvalue weighted by molar-refractivity contribution is -0.120. The minimum Gasteiger partial charge on any atom is -0.274 e. The van der Waals surface area contributed by atoms with E-state index in [1.807, 2.05) is 0 Å². The van der Waals surface area contributed by atoms with E-state index in [-0.39, 0.29) is 18.2 Å². The molecule has 1 aromatic rings. The number of hydrogen-bond acceptors (Lipinski definition) is 2. The molecule has 0 spiro atoms. The van der Waals surface area contributed by atoms with Crippen LogP contribution in [0.4, 0.5) is 5.69 Å². The Balaban J connectivity index is 2.38. The van der Waals surface area contributed by atoms with Crippen molar-refractivity contribution in [2.24, 2.45) is 0 Å². The quantitative estimate of drug-likeness (QED) is 0.401. The molecule has 78 valence electrons. The summed E-state index contributed by atoms with van der Waals surface area (Å²) in [5.41, 5.74) is 1.57. The van der Waals surface area contributed by atoms with Crippen molar-refractivity contribution in [3.05, 3.63) is 42.0 Å². The fraction of sp³-hybridized carbons (Fsp3) is 0.0769. The topological polar surface area (TPSA) is 37.4 Å². The number of benzene rings is 1. The average molecular weight is 211 g/mol. The first-order valence-electron chi connectivity index (χ1n) is 4.75. The third-order valence-electron chi connectivity index (χ3n) is 2.41. The Morgan fingerprint density at radius 2 is 1.88 bits per heavy atom. The molecule has 0 unspecified atom stereocenters. The van der Waals surface area contributed by atoms with E-state index in [4.69, 9.17) is 6.42 Å². The number of carbonyl (C=O) groups excluding carboxylic acids is 2. The first-order chi connectivity index (χ1) is 7.63. The molecule has 2 rings (SSSR count). The highest BCUT2D eigenvalue weighted by Gasteiger charge is 2.33. The van der Waals surface area contributed by atoms with Crippen molar-refractivity contribution in [1.82, 2.24) is 0 Å². The van der Waals surface area contributed by atoms with Crippen LogP contribution in [0.2, 0.25) is 0 Å². The highest BCUT2D eigenvalue weighted by Crippen LogP contribution is 2.24. The molecule has 0 radical (unpaired) electrons. The second-order valence-electron chi connectivity index (χ2n) is 3.51. The molecule has 1 fully saturated rings. The van der Waals surface area contributed by atoms with Gasteiger partial charge in [0.05, 0.1) is 12.1 Å². The molecule has 3 nitrogen and oxygen atoms in total. The van der Waals surface area contributed by atoms with E-state index in [1.54, 1.807) is 24.3 Å². The lowest BCUT2D eigenvalue weighted by atomic mass is 10.2. The van der Waals surface area contributed by atoms with Crippen LogP contribution in [-0.2, 0) is 9.59 Å². The normalized spacial score (nSPS) is 15.4.